The molecule has 0 saturated carbocycles. The van der Waals surface area contributed by atoms with Gasteiger partial charge in [0, 0.05) is 23.3 Å². The Morgan fingerprint density at radius 3 is 2.67 bits per heavy atom. The van der Waals surface area contributed by atoms with E-state index in [1.165, 1.54) is 18.3 Å². The lowest BCUT2D eigenvalue weighted by Crippen LogP contribution is -2.23. The second-order valence-electron chi connectivity index (χ2n) is 6.93. The molecular formula is C22H20N4O3S. The third-order valence-corrected chi connectivity index (χ3v) is 5.41. The van der Waals surface area contributed by atoms with E-state index < -0.39 is 0 Å². The minimum Gasteiger partial charge on any atom is -0.356 e. The number of nitrogens with one attached hydrogen (secondary N) is 2. The summed E-state index contributed by atoms with van der Waals surface area (Å²) >= 11 is 1.36. The van der Waals surface area contributed by atoms with E-state index >= 15 is 0 Å². The molecule has 152 valence electrons. The summed E-state index contributed by atoms with van der Waals surface area (Å²) in [6.07, 6.45) is 0.113. The van der Waals surface area contributed by atoms with Gasteiger partial charge in [-0.2, -0.15) is 0 Å². The first kappa shape index (κ1) is 19.8. The largest absolute Gasteiger partial charge is 0.356 e. The van der Waals surface area contributed by atoms with Crippen molar-refractivity contribution in [2.45, 2.75) is 26.3 Å². The van der Waals surface area contributed by atoms with E-state index in [9.17, 15) is 9.59 Å². The van der Waals surface area contributed by atoms with E-state index in [1.807, 2.05) is 60.8 Å². The summed E-state index contributed by atoms with van der Waals surface area (Å²) in [7, 11) is 0. The predicted molar refractivity (Wildman–Crippen MR) is 116 cm³/mol. The molecular weight excluding hydrogens is 400 g/mol. The second kappa shape index (κ2) is 8.46. The van der Waals surface area contributed by atoms with Crippen LogP contribution in [0.15, 0.2) is 58.4 Å². The molecule has 0 fully saturated rings. The molecule has 0 radical (unpaired) electrons. The fraction of sp³-hybridized carbons (Fsp3) is 0.182. The van der Waals surface area contributed by atoms with E-state index in [-0.39, 0.29) is 24.3 Å². The Kier molecular flexibility index (Phi) is 5.58. The number of amides is 2. The number of hydrogen-bond donors (Lipinski definition) is 2. The van der Waals surface area contributed by atoms with Crippen molar-refractivity contribution >= 4 is 39.3 Å². The van der Waals surface area contributed by atoms with Gasteiger partial charge in [0.2, 0.25) is 11.8 Å². The third kappa shape index (κ3) is 4.38. The fourth-order valence-corrected chi connectivity index (χ4v) is 3.91. The zero-order chi connectivity index (χ0) is 21.1. The summed E-state index contributed by atoms with van der Waals surface area (Å²) < 4.78 is 5.24. The first-order valence-electron chi connectivity index (χ1n) is 9.45. The van der Waals surface area contributed by atoms with Crippen molar-refractivity contribution in [1.82, 2.24) is 15.5 Å². The van der Waals surface area contributed by atoms with Crippen molar-refractivity contribution in [2.75, 3.05) is 5.32 Å². The summed E-state index contributed by atoms with van der Waals surface area (Å²) in [5, 5.41) is 12.9. The number of carbonyl (C=O) groups is 2. The molecule has 1 atom stereocenters. The molecule has 0 saturated heterocycles. The van der Waals surface area contributed by atoms with Gasteiger partial charge in [0.05, 0.1) is 18.2 Å². The number of carbonyl (C=O) groups excluding carboxylic acids is 2. The average molecular weight is 420 g/mol. The molecule has 2 heterocycles. The number of fused-ring (bicyclic) bond motifs is 1. The zero-order valence-corrected chi connectivity index (χ0v) is 17.3. The maximum Gasteiger partial charge on any atom is 0.232 e. The van der Waals surface area contributed by atoms with Crippen LogP contribution < -0.4 is 10.6 Å². The van der Waals surface area contributed by atoms with Crippen molar-refractivity contribution in [3.05, 3.63) is 65.2 Å². The van der Waals surface area contributed by atoms with Crippen molar-refractivity contribution in [1.29, 1.82) is 0 Å². The van der Waals surface area contributed by atoms with Gasteiger partial charge in [-0.3, -0.25) is 9.59 Å². The van der Waals surface area contributed by atoms with Crippen LogP contribution in [0.25, 0.3) is 22.2 Å². The van der Waals surface area contributed by atoms with Crippen molar-refractivity contribution < 1.29 is 14.1 Å². The monoisotopic (exact) mass is 420 g/mol. The number of para-hydroxylation sites is 1. The van der Waals surface area contributed by atoms with Crippen LogP contribution in [0.1, 0.15) is 31.1 Å². The Balaban J connectivity index is 1.41. The Morgan fingerprint density at radius 2 is 1.90 bits per heavy atom. The Labute approximate surface area is 177 Å². The lowest BCUT2D eigenvalue weighted by atomic mass is 10.1. The Morgan fingerprint density at radius 1 is 1.13 bits per heavy atom. The Hall–Kier alpha value is -3.52. The van der Waals surface area contributed by atoms with Gasteiger partial charge in [0.15, 0.2) is 10.7 Å². The van der Waals surface area contributed by atoms with Crippen molar-refractivity contribution in [2.24, 2.45) is 0 Å². The minimum absolute atomic E-state index is 0.0607. The highest BCUT2D eigenvalue weighted by Crippen LogP contribution is 2.26. The molecule has 0 spiro atoms. The average Bonchev–Trinajstić information content (AvgIpc) is 3.35. The van der Waals surface area contributed by atoms with E-state index in [0.29, 0.717) is 16.4 Å². The highest BCUT2D eigenvalue weighted by Gasteiger charge is 2.14. The molecule has 0 aliphatic rings. The van der Waals surface area contributed by atoms with E-state index in [0.717, 1.165) is 22.2 Å². The van der Waals surface area contributed by atoms with Gasteiger partial charge >= 0.3 is 0 Å². The summed E-state index contributed by atoms with van der Waals surface area (Å²) in [6.45, 7) is 3.44. The van der Waals surface area contributed by atoms with Gasteiger partial charge in [-0.1, -0.05) is 41.6 Å². The van der Waals surface area contributed by atoms with Crippen LogP contribution >= 0.6 is 11.3 Å². The molecule has 0 aliphatic carbocycles. The molecule has 0 bridgehead atoms. The fourth-order valence-electron chi connectivity index (χ4n) is 3.18. The van der Waals surface area contributed by atoms with Crippen LogP contribution in [0.5, 0.6) is 0 Å². The topological polar surface area (TPSA) is 97.1 Å². The smallest absolute Gasteiger partial charge is 0.232 e. The van der Waals surface area contributed by atoms with E-state index in [4.69, 9.17) is 4.52 Å². The first-order chi connectivity index (χ1) is 14.5. The van der Waals surface area contributed by atoms with Crippen LogP contribution in [0.3, 0.4) is 0 Å². The molecule has 0 aliphatic heterocycles. The van der Waals surface area contributed by atoms with Crippen molar-refractivity contribution in [3.63, 3.8) is 0 Å². The minimum atomic E-state index is -0.200. The maximum atomic E-state index is 12.4. The second-order valence-corrected chi connectivity index (χ2v) is 7.79. The number of aromatic nitrogens is 2. The van der Waals surface area contributed by atoms with Gasteiger partial charge in [0.25, 0.3) is 0 Å². The van der Waals surface area contributed by atoms with Crippen LogP contribution in [-0.2, 0) is 16.0 Å². The number of benzene rings is 2. The van der Waals surface area contributed by atoms with E-state index in [2.05, 4.69) is 20.8 Å². The molecule has 30 heavy (non-hydrogen) atoms. The standard InChI is InChI=1S/C22H20N4O3S/c1-13(23-14(2)27)15-7-9-16(10-8-15)19-12-30-22(24-19)25-21(28)11-18-17-5-3-4-6-20(17)29-26-18/h3-10,12-13H,11H2,1-2H3,(H,23,27)(H,24,25,28). The summed E-state index contributed by atoms with van der Waals surface area (Å²) in [4.78, 5) is 28.1. The SMILES string of the molecule is CC(=O)NC(C)c1ccc(-c2csc(NC(=O)Cc3noc4ccccc34)n2)cc1. The number of nitrogens with zero attached hydrogens (tertiary/aromatic N) is 2. The number of thiazole rings is 1. The maximum absolute atomic E-state index is 12.4. The lowest BCUT2D eigenvalue weighted by molar-refractivity contribution is -0.119. The predicted octanol–water partition coefficient (Wildman–Crippen LogP) is 4.33. The lowest BCUT2D eigenvalue weighted by Gasteiger charge is -2.12. The third-order valence-electron chi connectivity index (χ3n) is 4.66. The van der Waals surface area contributed by atoms with Crippen LogP contribution in [0, 0.1) is 0 Å². The van der Waals surface area contributed by atoms with Gasteiger partial charge < -0.3 is 15.2 Å². The number of anilines is 1. The molecule has 8 heteroatoms. The molecule has 4 aromatic rings. The Bertz CT molecular complexity index is 1200. The molecule has 2 aromatic heterocycles. The quantitative estimate of drug-likeness (QED) is 0.484. The van der Waals surface area contributed by atoms with Gasteiger partial charge in [-0.25, -0.2) is 4.98 Å². The van der Waals surface area contributed by atoms with Crippen molar-refractivity contribution in [3.8, 4) is 11.3 Å². The summed E-state index contributed by atoms with van der Waals surface area (Å²) in [6, 6.07) is 15.2. The molecule has 2 aromatic carbocycles. The zero-order valence-electron chi connectivity index (χ0n) is 16.5. The first-order valence-corrected chi connectivity index (χ1v) is 10.3. The number of hydrogen-bond acceptors (Lipinski definition) is 6. The van der Waals surface area contributed by atoms with Gasteiger partial charge in [0.1, 0.15) is 5.69 Å². The highest BCUT2D eigenvalue weighted by atomic mass is 32.1. The summed E-state index contributed by atoms with van der Waals surface area (Å²) in [5.74, 6) is -0.264. The van der Waals surface area contributed by atoms with Gasteiger partial charge in [-0.05, 0) is 24.6 Å². The van der Waals surface area contributed by atoms with E-state index in [1.54, 1.807) is 0 Å². The molecule has 4 rings (SSSR count). The summed E-state index contributed by atoms with van der Waals surface area (Å²) in [5.41, 5.74) is 3.99. The normalized spacial score (nSPS) is 11.9. The molecule has 7 nitrogen and oxygen atoms in total. The van der Waals surface area contributed by atoms with Crippen LogP contribution in [0.2, 0.25) is 0 Å². The van der Waals surface area contributed by atoms with Crippen LogP contribution in [0.4, 0.5) is 5.13 Å². The van der Waals surface area contributed by atoms with Crippen LogP contribution in [-0.4, -0.2) is 22.0 Å². The number of rotatable bonds is 6. The highest BCUT2D eigenvalue weighted by molar-refractivity contribution is 7.14. The molecule has 1 unspecified atom stereocenters. The molecule has 2 amide bonds. The molecule has 2 N–H and O–H groups in total. The van der Waals surface area contributed by atoms with Gasteiger partial charge in [-0.15, -0.1) is 11.3 Å².